The SMILES string of the molecule is O=C(/C=C/c1ccccc1OC(=O)c1ccc(Cl)cc1)c1ccccc1. The van der Waals surface area contributed by atoms with Crippen LogP contribution >= 0.6 is 11.6 Å². The third-order valence-corrected chi connectivity index (χ3v) is 3.93. The van der Waals surface area contributed by atoms with Crippen LogP contribution in [0.15, 0.2) is 84.9 Å². The summed E-state index contributed by atoms with van der Waals surface area (Å²) in [5.74, 6) is -0.231. The molecule has 4 heteroatoms. The van der Waals surface area contributed by atoms with E-state index in [-0.39, 0.29) is 5.78 Å². The smallest absolute Gasteiger partial charge is 0.343 e. The number of esters is 1. The van der Waals surface area contributed by atoms with Crippen LogP contribution in [-0.4, -0.2) is 11.8 Å². The maximum Gasteiger partial charge on any atom is 0.343 e. The van der Waals surface area contributed by atoms with Gasteiger partial charge in [-0.05, 0) is 42.5 Å². The van der Waals surface area contributed by atoms with Crippen molar-refractivity contribution < 1.29 is 14.3 Å². The lowest BCUT2D eigenvalue weighted by atomic mass is 10.1. The van der Waals surface area contributed by atoms with E-state index in [0.717, 1.165) is 0 Å². The van der Waals surface area contributed by atoms with Gasteiger partial charge in [-0.25, -0.2) is 4.79 Å². The molecule has 3 aromatic carbocycles. The van der Waals surface area contributed by atoms with Gasteiger partial charge in [0.1, 0.15) is 5.75 Å². The predicted molar refractivity (Wildman–Crippen MR) is 103 cm³/mol. The molecule has 0 atom stereocenters. The number of rotatable bonds is 5. The number of hydrogen-bond donors (Lipinski definition) is 0. The van der Waals surface area contributed by atoms with Crippen molar-refractivity contribution in [2.24, 2.45) is 0 Å². The van der Waals surface area contributed by atoms with Crippen molar-refractivity contribution >= 4 is 29.4 Å². The Bertz CT molecular complexity index is 945. The van der Waals surface area contributed by atoms with Crippen LogP contribution in [0.2, 0.25) is 5.02 Å². The average molecular weight is 363 g/mol. The molecular weight excluding hydrogens is 348 g/mol. The number of benzene rings is 3. The zero-order valence-corrected chi connectivity index (χ0v) is 14.5. The molecule has 3 rings (SSSR count). The Hall–Kier alpha value is -3.17. The summed E-state index contributed by atoms with van der Waals surface area (Å²) in [6.45, 7) is 0. The van der Waals surface area contributed by atoms with Crippen molar-refractivity contribution in [2.45, 2.75) is 0 Å². The fourth-order valence-corrected chi connectivity index (χ4v) is 2.45. The van der Waals surface area contributed by atoms with Crippen LogP contribution in [0.1, 0.15) is 26.3 Å². The molecule has 0 unspecified atom stereocenters. The summed E-state index contributed by atoms with van der Waals surface area (Å²) < 4.78 is 5.46. The Labute approximate surface area is 156 Å². The van der Waals surface area contributed by atoms with Gasteiger partial charge in [0, 0.05) is 16.1 Å². The zero-order valence-electron chi connectivity index (χ0n) is 13.8. The summed E-state index contributed by atoms with van der Waals surface area (Å²) in [5.41, 5.74) is 1.63. The van der Waals surface area contributed by atoms with E-state index in [1.165, 1.54) is 6.08 Å². The first kappa shape index (κ1) is 17.6. The third-order valence-electron chi connectivity index (χ3n) is 3.67. The first-order valence-electron chi connectivity index (χ1n) is 7.98. The van der Waals surface area contributed by atoms with E-state index in [4.69, 9.17) is 16.3 Å². The van der Waals surface area contributed by atoms with Gasteiger partial charge in [-0.3, -0.25) is 4.79 Å². The number of ether oxygens (including phenoxy) is 1. The van der Waals surface area contributed by atoms with Gasteiger partial charge in [0.2, 0.25) is 0 Å². The van der Waals surface area contributed by atoms with Crippen LogP contribution in [0.5, 0.6) is 5.75 Å². The van der Waals surface area contributed by atoms with Crippen molar-refractivity contribution in [2.75, 3.05) is 0 Å². The third kappa shape index (κ3) is 4.47. The minimum atomic E-state index is -0.489. The van der Waals surface area contributed by atoms with Gasteiger partial charge in [-0.2, -0.15) is 0 Å². The maximum absolute atomic E-state index is 12.3. The molecule has 0 saturated heterocycles. The summed E-state index contributed by atoms with van der Waals surface area (Å²) in [6, 6.07) is 22.5. The Morgan fingerprint density at radius 2 is 1.42 bits per heavy atom. The lowest BCUT2D eigenvalue weighted by molar-refractivity contribution is 0.0734. The predicted octanol–water partition coefficient (Wildman–Crippen LogP) is 5.46. The molecule has 0 spiro atoms. The highest BCUT2D eigenvalue weighted by Crippen LogP contribution is 2.21. The van der Waals surface area contributed by atoms with Gasteiger partial charge >= 0.3 is 5.97 Å². The molecule has 0 fully saturated rings. The molecule has 0 aliphatic heterocycles. The molecule has 3 nitrogen and oxygen atoms in total. The normalized spacial score (nSPS) is 10.7. The van der Waals surface area contributed by atoms with E-state index in [0.29, 0.717) is 27.5 Å². The Morgan fingerprint density at radius 1 is 0.769 bits per heavy atom. The number of carbonyl (C=O) groups excluding carboxylic acids is 2. The van der Waals surface area contributed by atoms with E-state index in [2.05, 4.69) is 0 Å². The van der Waals surface area contributed by atoms with Crippen molar-refractivity contribution in [1.82, 2.24) is 0 Å². The van der Waals surface area contributed by atoms with Gasteiger partial charge < -0.3 is 4.74 Å². The van der Waals surface area contributed by atoms with Gasteiger partial charge in [0.15, 0.2) is 5.78 Å². The highest BCUT2D eigenvalue weighted by atomic mass is 35.5. The van der Waals surface area contributed by atoms with Crippen molar-refractivity contribution in [3.63, 3.8) is 0 Å². The minimum Gasteiger partial charge on any atom is -0.422 e. The topological polar surface area (TPSA) is 43.4 Å². The average Bonchev–Trinajstić information content (AvgIpc) is 2.68. The number of ketones is 1. The second-order valence-corrected chi connectivity index (χ2v) is 5.93. The molecule has 0 bridgehead atoms. The molecule has 3 aromatic rings. The van der Waals surface area contributed by atoms with Gasteiger partial charge in [0.05, 0.1) is 5.56 Å². The fourth-order valence-electron chi connectivity index (χ4n) is 2.32. The van der Waals surface area contributed by atoms with E-state index in [1.807, 2.05) is 24.3 Å². The van der Waals surface area contributed by atoms with Crippen LogP contribution < -0.4 is 4.74 Å². The molecule has 0 radical (unpaired) electrons. The van der Waals surface area contributed by atoms with Crippen molar-refractivity contribution in [3.8, 4) is 5.75 Å². The summed E-state index contributed by atoms with van der Waals surface area (Å²) in [5, 5.41) is 0.546. The van der Waals surface area contributed by atoms with Crippen LogP contribution in [0.3, 0.4) is 0 Å². The first-order chi connectivity index (χ1) is 12.6. The van der Waals surface area contributed by atoms with Crippen LogP contribution in [-0.2, 0) is 0 Å². The summed E-state index contributed by atoms with van der Waals surface area (Å²) >= 11 is 5.83. The molecule has 0 aromatic heterocycles. The van der Waals surface area contributed by atoms with Crippen LogP contribution in [0.25, 0.3) is 6.08 Å². The Kier molecular flexibility index (Phi) is 5.62. The molecule has 0 aliphatic carbocycles. The lowest BCUT2D eigenvalue weighted by Crippen LogP contribution is -2.09. The highest BCUT2D eigenvalue weighted by molar-refractivity contribution is 6.30. The molecule has 0 aliphatic rings. The second-order valence-electron chi connectivity index (χ2n) is 5.50. The minimum absolute atomic E-state index is 0.121. The van der Waals surface area contributed by atoms with Crippen molar-refractivity contribution in [1.29, 1.82) is 0 Å². The number of halogens is 1. The standard InChI is InChI=1S/C22H15ClO3/c23-19-13-10-18(11-14-19)22(25)26-21-9-5-4-8-17(21)12-15-20(24)16-6-2-1-3-7-16/h1-15H/b15-12+. The van der Waals surface area contributed by atoms with Crippen molar-refractivity contribution in [3.05, 3.63) is 107 Å². The van der Waals surface area contributed by atoms with Gasteiger partial charge in [-0.1, -0.05) is 60.1 Å². The zero-order chi connectivity index (χ0) is 18.4. The van der Waals surface area contributed by atoms with E-state index in [9.17, 15) is 9.59 Å². The van der Waals surface area contributed by atoms with E-state index in [1.54, 1.807) is 60.7 Å². The summed E-state index contributed by atoms with van der Waals surface area (Å²) in [4.78, 5) is 24.5. The number of para-hydroxylation sites is 1. The Morgan fingerprint density at radius 3 is 2.15 bits per heavy atom. The second kappa shape index (κ2) is 8.28. The summed E-state index contributed by atoms with van der Waals surface area (Å²) in [6.07, 6.45) is 3.10. The number of carbonyl (C=O) groups is 2. The van der Waals surface area contributed by atoms with Crippen LogP contribution in [0.4, 0.5) is 0 Å². The lowest BCUT2D eigenvalue weighted by Gasteiger charge is -2.07. The quantitative estimate of drug-likeness (QED) is 0.262. The maximum atomic E-state index is 12.3. The van der Waals surface area contributed by atoms with Gasteiger partial charge in [0.25, 0.3) is 0 Å². The summed E-state index contributed by atoms with van der Waals surface area (Å²) in [7, 11) is 0. The van der Waals surface area contributed by atoms with E-state index < -0.39 is 5.97 Å². The number of hydrogen-bond acceptors (Lipinski definition) is 3. The number of allylic oxidation sites excluding steroid dienone is 1. The van der Waals surface area contributed by atoms with Crippen LogP contribution in [0, 0.1) is 0 Å². The van der Waals surface area contributed by atoms with Gasteiger partial charge in [-0.15, -0.1) is 0 Å². The molecule has 0 saturated carbocycles. The molecule has 128 valence electrons. The first-order valence-corrected chi connectivity index (χ1v) is 8.35. The molecule has 26 heavy (non-hydrogen) atoms. The Balaban J connectivity index is 1.78. The largest absolute Gasteiger partial charge is 0.422 e. The molecule has 0 N–H and O–H groups in total. The fraction of sp³-hybridized carbons (Fsp3) is 0. The monoisotopic (exact) mass is 362 g/mol. The van der Waals surface area contributed by atoms with E-state index >= 15 is 0 Å². The highest BCUT2D eigenvalue weighted by Gasteiger charge is 2.10. The molecular formula is C22H15ClO3. The molecule has 0 amide bonds. The molecule has 0 heterocycles.